The highest BCUT2D eigenvalue weighted by Gasteiger charge is 2.46. The fraction of sp³-hybridized carbons (Fsp3) is 0.360. The van der Waals surface area contributed by atoms with E-state index in [0.717, 1.165) is 0 Å². The second-order valence-electron chi connectivity index (χ2n) is 8.81. The molecule has 0 spiro atoms. The number of nitrogens with one attached hydrogen (secondary N) is 3. The number of amides is 4. The van der Waals surface area contributed by atoms with E-state index in [1.54, 1.807) is 44.2 Å². The van der Waals surface area contributed by atoms with Crippen LogP contribution < -0.4 is 16.0 Å². The summed E-state index contributed by atoms with van der Waals surface area (Å²) < 4.78 is 0. The molecule has 3 rings (SSSR count). The topological polar surface area (TPSA) is 134 Å². The maximum absolute atomic E-state index is 13.1. The van der Waals surface area contributed by atoms with E-state index in [0.29, 0.717) is 10.6 Å². The van der Waals surface area contributed by atoms with Crippen LogP contribution in [0.1, 0.15) is 49.3 Å². The van der Waals surface area contributed by atoms with Crippen molar-refractivity contribution in [2.45, 2.75) is 39.3 Å². The van der Waals surface area contributed by atoms with Gasteiger partial charge in [-0.3, -0.25) is 34.3 Å². The Hall–Kier alpha value is -3.59. The summed E-state index contributed by atoms with van der Waals surface area (Å²) in [5, 5.41) is 8.02. The van der Waals surface area contributed by atoms with Gasteiger partial charge in [-0.1, -0.05) is 62.7 Å². The van der Waals surface area contributed by atoms with Crippen molar-refractivity contribution >= 4 is 41.0 Å². The number of rotatable bonds is 9. The lowest BCUT2D eigenvalue weighted by molar-refractivity contribution is -0.137. The van der Waals surface area contributed by atoms with Gasteiger partial charge in [0, 0.05) is 11.2 Å². The highest BCUT2D eigenvalue weighted by molar-refractivity contribution is 6.30. The number of ketones is 1. The van der Waals surface area contributed by atoms with Crippen LogP contribution in [0.4, 0.5) is 0 Å². The van der Waals surface area contributed by atoms with Crippen LogP contribution in [-0.4, -0.2) is 40.4 Å². The highest BCUT2D eigenvalue weighted by atomic mass is 35.5. The van der Waals surface area contributed by atoms with Crippen molar-refractivity contribution in [2.75, 3.05) is 0 Å². The van der Waals surface area contributed by atoms with Crippen molar-refractivity contribution in [1.82, 2.24) is 20.9 Å². The van der Waals surface area contributed by atoms with E-state index in [4.69, 9.17) is 11.6 Å². The van der Waals surface area contributed by atoms with Crippen molar-refractivity contribution < 1.29 is 24.0 Å². The molecule has 2 aromatic rings. The fourth-order valence-corrected chi connectivity index (χ4v) is 4.10. The van der Waals surface area contributed by atoms with E-state index < -0.39 is 53.3 Å². The summed E-state index contributed by atoms with van der Waals surface area (Å²) in [6.07, 6.45) is 1.24. The Morgan fingerprint density at radius 1 is 1.06 bits per heavy atom. The van der Waals surface area contributed by atoms with Crippen LogP contribution in [0.15, 0.2) is 48.7 Å². The molecule has 1 aromatic heterocycles. The van der Waals surface area contributed by atoms with Crippen molar-refractivity contribution in [1.29, 1.82) is 0 Å². The molecule has 0 saturated carbocycles. The van der Waals surface area contributed by atoms with Crippen LogP contribution in [0, 0.1) is 17.8 Å². The van der Waals surface area contributed by atoms with Crippen LogP contribution in [0.25, 0.3) is 0 Å². The van der Waals surface area contributed by atoms with Gasteiger partial charge in [0.25, 0.3) is 5.91 Å². The molecular weight excluding hydrogens is 472 g/mol. The van der Waals surface area contributed by atoms with Crippen LogP contribution in [-0.2, 0) is 19.2 Å². The zero-order chi connectivity index (χ0) is 25.7. The number of imide groups is 1. The van der Waals surface area contributed by atoms with E-state index in [9.17, 15) is 24.0 Å². The van der Waals surface area contributed by atoms with Gasteiger partial charge in [0.2, 0.25) is 17.7 Å². The molecule has 1 aromatic carbocycles. The van der Waals surface area contributed by atoms with Crippen LogP contribution >= 0.6 is 11.6 Å². The van der Waals surface area contributed by atoms with Crippen molar-refractivity contribution in [3.05, 3.63) is 64.9 Å². The molecule has 4 amide bonds. The molecule has 35 heavy (non-hydrogen) atoms. The van der Waals surface area contributed by atoms with Crippen LogP contribution in [0.5, 0.6) is 0 Å². The van der Waals surface area contributed by atoms with Crippen molar-refractivity contribution in [3.63, 3.8) is 0 Å². The minimum atomic E-state index is -1.16. The molecule has 1 fully saturated rings. The lowest BCUT2D eigenvalue weighted by Crippen LogP contribution is -2.49. The Balaban J connectivity index is 1.77. The summed E-state index contributed by atoms with van der Waals surface area (Å²) in [7, 11) is 0. The number of hydrogen-bond acceptors (Lipinski definition) is 6. The standard InChI is InChI=1S/C25H27ClN4O5/c1-13(2)21(22(32)20-14(3)23(33)30-25(20)35)29-19(31)12-17(15-7-5-4-6-8-15)28-24(34)18-11-16(26)9-10-27-18/h4-11,13-14,17,20-21H,12H2,1-3H3,(H,28,34)(H,29,31)(H,30,33,35)/t14-,17-,20+,21+/m0/s1. The lowest BCUT2D eigenvalue weighted by atomic mass is 9.85. The Kier molecular flexibility index (Phi) is 8.34. The van der Waals surface area contributed by atoms with Gasteiger partial charge >= 0.3 is 0 Å². The smallest absolute Gasteiger partial charge is 0.270 e. The maximum Gasteiger partial charge on any atom is 0.270 e. The summed E-state index contributed by atoms with van der Waals surface area (Å²) >= 11 is 5.96. The number of carbonyl (C=O) groups excluding carboxylic acids is 5. The molecule has 0 unspecified atom stereocenters. The Bertz CT molecular complexity index is 1140. The summed E-state index contributed by atoms with van der Waals surface area (Å²) in [5.74, 6) is -5.00. The quantitative estimate of drug-likeness (QED) is 0.358. The predicted octanol–water partition coefficient (Wildman–Crippen LogP) is 2.21. The van der Waals surface area contributed by atoms with Crippen LogP contribution in [0.2, 0.25) is 5.02 Å². The summed E-state index contributed by atoms with van der Waals surface area (Å²) in [6.45, 7) is 4.99. The van der Waals surface area contributed by atoms with Gasteiger partial charge in [-0.15, -0.1) is 0 Å². The summed E-state index contributed by atoms with van der Waals surface area (Å²) in [5.41, 5.74) is 0.778. The molecule has 4 atom stereocenters. The first-order valence-corrected chi connectivity index (χ1v) is 11.6. The third kappa shape index (κ3) is 6.30. The average Bonchev–Trinajstić information content (AvgIpc) is 3.07. The molecule has 10 heteroatoms. The fourth-order valence-electron chi connectivity index (χ4n) is 3.94. The predicted molar refractivity (Wildman–Crippen MR) is 128 cm³/mol. The molecule has 9 nitrogen and oxygen atoms in total. The molecule has 1 saturated heterocycles. The molecule has 3 N–H and O–H groups in total. The minimum Gasteiger partial charge on any atom is -0.346 e. The first kappa shape index (κ1) is 26.0. The molecule has 184 valence electrons. The third-order valence-corrected chi connectivity index (χ3v) is 6.13. The number of Topliss-reactive ketones (excluding diaryl/α,β-unsaturated/α-hetero) is 1. The summed E-state index contributed by atoms with van der Waals surface area (Å²) in [6, 6.07) is 10.2. The number of aromatic nitrogens is 1. The molecule has 0 aliphatic carbocycles. The zero-order valence-electron chi connectivity index (χ0n) is 19.6. The van der Waals surface area contributed by atoms with Crippen LogP contribution in [0.3, 0.4) is 0 Å². The van der Waals surface area contributed by atoms with Gasteiger partial charge in [-0.05, 0) is 23.6 Å². The van der Waals surface area contributed by atoms with E-state index in [1.165, 1.54) is 19.2 Å². The molecule has 0 bridgehead atoms. The summed E-state index contributed by atoms with van der Waals surface area (Å²) in [4.78, 5) is 67.0. The SMILES string of the molecule is CC(C)[C@@H](NC(=O)C[C@H](NC(=O)c1cc(Cl)ccn1)c1ccccc1)C(=O)[C@@H]1C(=O)NC(=O)[C@H]1C. The van der Waals surface area contributed by atoms with E-state index in [-0.39, 0.29) is 18.0 Å². The molecule has 0 radical (unpaired) electrons. The molecule has 1 aliphatic heterocycles. The van der Waals surface area contributed by atoms with Gasteiger partial charge in [-0.25, -0.2) is 0 Å². The van der Waals surface area contributed by atoms with Gasteiger partial charge in [0.05, 0.1) is 24.4 Å². The van der Waals surface area contributed by atoms with E-state index >= 15 is 0 Å². The normalized spacial score (nSPS) is 19.1. The number of carbonyl (C=O) groups is 5. The first-order valence-electron chi connectivity index (χ1n) is 11.2. The lowest BCUT2D eigenvalue weighted by Gasteiger charge is -2.26. The zero-order valence-corrected chi connectivity index (χ0v) is 20.3. The number of hydrogen-bond donors (Lipinski definition) is 3. The van der Waals surface area contributed by atoms with E-state index in [1.807, 2.05) is 6.07 Å². The first-order chi connectivity index (χ1) is 16.6. The number of halogens is 1. The van der Waals surface area contributed by atoms with Crippen molar-refractivity contribution in [3.8, 4) is 0 Å². The Morgan fingerprint density at radius 3 is 2.31 bits per heavy atom. The van der Waals surface area contributed by atoms with Crippen molar-refractivity contribution in [2.24, 2.45) is 17.8 Å². The molecule has 1 aliphatic rings. The average molecular weight is 499 g/mol. The minimum absolute atomic E-state index is 0.0972. The maximum atomic E-state index is 13.1. The number of nitrogens with zero attached hydrogens (tertiary/aromatic N) is 1. The van der Waals surface area contributed by atoms with Gasteiger partial charge in [-0.2, -0.15) is 0 Å². The second-order valence-corrected chi connectivity index (χ2v) is 9.25. The highest BCUT2D eigenvalue weighted by Crippen LogP contribution is 2.24. The Morgan fingerprint density at radius 2 is 1.74 bits per heavy atom. The molecular formula is C25H27ClN4O5. The van der Waals surface area contributed by atoms with Gasteiger partial charge in [0.1, 0.15) is 11.6 Å². The van der Waals surface area contributed by atoms with Gasteiger partial charge in [0.15, 0.2) is 5.78 Å². The second kappa shape index (κ2) is 11.2. The Labute approximate surface area is 208 Å². The largest absolute Gasteiger partial charge is 0.346 e. The number of pyridine rings is 1. The number of benzene rings is 1. The monoisotopic (exact) mass is 498 g/mol. The van der Waals surface area contributed by atoms with E-state index in [2.05, 4.69) is 20.9 Å². The third-order valence-electron chi connectivity index (χ3n) is 5.89. The van der Waals surface area contributed by atoms with Gasteiger partial charge < -0.3 is 10.6 Å². The molecule has 2 heterocycles.